The number of hydrogen-bond donors (Lipinski definition) is 1. The van der Waals surface area contributed by atoms with Gasteiger partial charge in [0.25, 0.3) is 0 Å². The van der Waals surface area contributed by atoms with Crippen LogP contribution in [0.5, 0.6) is 0 Å². The lowest BCUT2D eigenvalue weighted by molar-refractivity contribution is 0.255. The molecule has 1 fully saturated rings. The SMILES string of the molecule is CCSc1cccc(C2(CO)CC2)c1. The van der Waals surface area contributed by atoms with E-state index < -0.39 is 0 Å². The fraction of sp³-hybridized carbons (Fsp3) is 0.500. The minimum Gasteiger partial charge on any atom is -0.395 e. The van der Waals surface area contributed by atoms with E-state index in [0.717, 1.165) is 18.6 Å². The molecule has 1 aliphatic rings. The Bertz CT molecular complexity index is 318. The Morgan fingerprint density at radius 2 is 2.21 bits per heavy atom. The molecule has 2 heteroatoms. The first kappa shape index (κ1) is 10.1. The Morgan fingerprint density at radius 1 is 1.43 bits per heavy atom. The number of hydrogen-bond acceptors (Lipinski definition) is 2. The highest BCUT2D eigenvalue weighted by atomic mass is 32.2. The van der Waals surface area contributed by atoms with Crippen molar-refractivity contribution in [2.75, 3.05) is 12.4 Å². The summed E-state index contributed by atoms with van der Waals surface area (Å²) in [7, 11) is 0. The molecule has 0 heterocycles. The van der Waals surface area contributed by atoms with E-state index in [1.165, 1.54) is 10.5 Å². The Morgan fingerprint density at radius 3 is 2.79 bits per heavy atom. The van der Waals surface area contributed by atoms with Crippen molar-refractivity contribution in [1.82, 2.24) is 0 Å². The van der Waals surface area contributed by atoms with Crippen molar-refractivity contribution in [1.29, 1.82) is 0 Å². The van der Waals surface area contributed by atoms with Gasteiger partial charge < -0.3 is 5.11 Å². The maximum atomic E-state index is 9.32. The summed E-state index contributed by atoms with van der Waals surface area (Å²) in [6, 6.07) is 8.62. The van der Waals surface area contributed by atoms with E-state index in [1.807, 2.05) is 11.8 Å². The number of thioether (sulfide) groups is 1. The smallest absolute Gasteiger partial charge is 0.0527 e. The third-order valence-electron chi connectivity index (χ3n) is 2.91. The molecule has 1 aromatic rings. The molecule has 76 valence electrons. The van der Waals surface area contributed by atoms with Crippen LogP contribution in [0.2, 0.25) is 0 Å². The van der Waals surface area contributed by atoms with Gasteiger partial charge in [0.15, 0.2) is 0 Å². The zero-order valence-electron chi connectivity index (χ0n) is 8.49. The summed E-state index contributed by atoms with van der Waals surface area (Å²) in [5, 5.41) is 9.32. The molecule has 0 amide bonds. The van der Waals surface area contributed by atoms with Gasteiger partial charge in [-0.3, -0.25) is 0 Å². The fourth-order valence-electron chi connectivity index (χ4n) is 1.77. The van der Waals surface area contributed by atoms with E-state index in [4.69, 9.17) is 0 Å². The summed E-state index contributed by atoms with van der Waals surface area (Å²) in [4.78, 5) is 1.32. The fourth-order valence-corrected chi connectivity index (χ4v) is 2.49. The highest BCUT2D eigenvalue weighted by Crippen LogP contribution is 2.48. The standard InChI is InChI=1S/C12H16OS/c1-2-14-11-5-3-4-10(8-11)12(9-13)6-7-12/h3-5,8,13H,2,6-7,9H2,1H3. The summed E-state index contributed by atoms with van der Waals surface area (Å²) >= 11 is 1.86. The average Bonchev–Trinajstić information content (AvgIpc) is 2.99. The Hall–Kier alpha value is -0.470. The second kappa shape index (κ2) is 3.95. The summed E-state index contributed by atoms with van der Waals surface area (Å²) < 4.78 is 0. The number of aliphatic hydroxyl groups is 1. The van der Waals surface area contributed by atoms with Gasteiger partial charge in [-0.2, -0.15) is 0 Å². The third-order valence-corrected chi connectivity index (χ3v) is 3.79. The Labute approximate surface area is 89.5 Å². The van der Waals surface area contributed by atoms with Crippen molar-refractivity contribution < 1.29 is 5.11 Å². The van der Waals surface area contributed by atoms with Crippen LogP contribution in [-0.2, 0) is 5.41 Å². The van der Waals surface area contributed by atoms with Crippen LogP contribution in [0.25, 0.3) is 0 Å². The van der Waals surface area contributed by atoms with Crippen molar-refractivity contribution in [3.8, 4) is 0 Å². The molecule has 0 saturated heterocycles. The number of benzene rings is 1. The lowest BCUT2D eigenvalue weighted by Crippen LogP contribution is -2.11. The summed E-state index contributed by atoms with van der Waals surface area (Å²) in [5.74, 6) is 1.11. The highest BCUT2D eigenvalue weighted by molar-refractivity contribution is 7.99. The predicted octanol–water partition coefficient (Wildman–Crippen LogP) is 2.82. The molecule has 0 spiro atoms. The van der Waals surface area contributed by atoms with E-state index >= 15 is 0 Å². The van der Waals surface area contributed by atoms with Crippen LogP contribution in [0, 0.1) is 0 Å². The quantitative estimate of drug-likeness (QED) is 0.768. The molecule has 0 radical (unpaired) electrons. The van der Waals surface area contributed by atoms with Gasteiger partial charge in [0.2, 0.25) is 0 Å². The molecule has 14 heavy (non-hydrogen) atoms. The van der Waals surface area contributed by atoms with Crippen LogP contribution in [0.4, 0.5) is 0 Å². The molecule has 0 bridgehead atoms. The van der Waals surface area contributed by atoms with Gasteiger partial charge >= 0.3 is 0 Å². The topological polar surface area (TPSA) is 20.2 Å². The molecular weight excluding hydrogens is 192 g/mol. The largest absolute Gasteiger partial charge is 0.395 e. The normalized spacial score (nSPS) is 18.1. The van der Waals surface area contributed by atoms with Gasteiger partial charge in [-0.05, 0) is 36.3 Å². The lowest BCUT2D eigenvalue weighted by Gasteiger charge is -2.12. The summed E-state index contributed by atoms with van der Waals surface area (Å²) in [6.45, 7) is 2.46. The molecule has 0 aliphatic heterocycles. The molecule has 1 aliphatic carbocycles. The van der Waals surface area contributed by atoms with E-state index in [0.29, 0.717) is 6.61 Å². The monoisotopic (exact) mass is 208 g/mol. The second-order valence-electron chi connectivity index (χ2n) is 3.90. The maximum absolute atomic E-state index is 9.32. The minimum absolute atomic E-state index is 0.115. The van der Waals surface area contributed by atoms with E-state index in [9.17, 15) is 5.11 Å². The summed E-state index contributed by atoms with van der Waals surface area (Å²) in [5.41, 5.74) is 1.43. The number of aliphatic hydroxyl groups excluding tert-OH is 1. The van der Waals surface area contributed by atoms with Crippen LogP contribution in [0.15, 0.2) is 29.2 Å². The lowest BCUT2D eigenvalue weighted by atomic mass is 9.97. The second-order valence-corrected chi connectivity index (χ2v) is 5.24. The molecular formula is C12H16OS. The van der Waals surface area contributed by atoms with Crippen LogP contribution < -0.4 is 0 Å². The third kappa shape index (κ3) is 1.82. The van der Waals surface area contributed by atoms with Crippen molar-refractivity contribution in [2.24, 2.45) is 0 Å². The van der Waals surface area contributed by atoms with Crippen molar-refractivity contribution in [2.45, 2.75) is 30.1 Å². The van der Waals surface area contributed by atoms with Crippen molar-refractivity contribution >= 4 is 11.8 Å². The minimum atomic E-state index is 0.115. The van der Waals surface area contributed by atoms with Gasteiger partial charge in [0, 0.05) is 10.3 Å². The van der Waals surface area contributed by atoms with Crippen LogP contribution in [0.3, 0.4) is 0 Å². The van der Waals surface area contributed by atoms with Crippen molar-refractivity contribution in [3.63, 3.8) is 0 Å². The highest BCUT2D eigenvalue weighted by Gasteiger charge is 2.43. The van der Waals surface area contributed by atoms with Gasteiger partial charge in [0.1, 0.15) is 0 Å². The molecule has 1 N–H and O–H groups in total. The first-order chi connectivity index (χ1) is 6.80. The molecule has 0 unspecified atom stereocenters. The Kier molecular flexibility index (Phi) is 2.84. The molecule has 0 aromatic heterocycles. The molecule has 2 rings (SSSR count). The maximum Gasteiger partial charge on any atom is 0.0527 e. The van der Waals surface area contributed by atoms with Gasteiger partial charge in [0.05, 0.1) is 6.61 Å². The molecule has 1 saturated carbocycles. The van der Waals surface area contributed by atoms with Gasteiger partial charge in [-0.1, -0.05) is 19.1 Å². The zero-order chi connectivity index (χ0) is 10.0. The summed E-state index contributed by atoms with van der Waals surface area (Å²) in [6.07, 6.45) is 2.29. The van der Waals surface area contributed by atoms with Crippen LogP contribution in [0.1, 0.15) is 25.3 Å². The first-order valence-electron chi connectivity index (χ1n) is 5.15. The average molecular weight is 208 g/mol. The predicted molar refractivity (Wildman–Crippen MR) is 60.8 cm³/mol. The van der Waals surface area contributed by atoms with Crippen LogP contribution >= 0.6 is 11.8 Å². The van der Waals surface area contributed by atoms with E-state index in [2.05, 4.69) is 31.2 Å². The molecule has 1 nitrogen and oxygen atoms in total. The van der Waals surface area contributed by atoms with Crippen molar-refractivity contribution in [3.05, 3.63) is 29.8 Å². The Balaban J connectivity index is 2.22. The van der Waals surface area contributed by atoms with Gasteiger partial charge in [-0.25, -0.2) is 0 Å². The molecule has 1 aromatic carbocycles. The first-order valence-corrected chi connectivity index (χ1v) is 6.13. The van der Waals surface area contributed by atoms with E-state index in [1.54, 1.807) is 0 Å². The van der Waals surface area contributed by atoms with Gasteiger partial charge in [-0.15, -0.1) is 11.8 Å². The number of rotatable bonds is 4. The molecule has 0 atom stereocenters. The van der Waals surface area contributed by atoms with E-state index in [-0.39, 0.29) is 5.41 Å². The zero-order valence-corrected chi connectivity index (χ0v) is 9.31. The van der Waals surface area contributed by atoms with Crippen LogP contribution in [-0.4, -0.2) is 17.5 Å².